The second-order valence-corrected chi connectivity index (χ2v) is 7.23. The first kappa shape index (κ1) is 16.7. The largest absolute Gasteiger partial charge is 0.349 e. The van der Waals surface area contributed by atoms with Crippen molar-refractivity contribution >= 4 is 23.2 Å². The first-order valence-corrected chi connectivity index (χ1v) is 9.15. The van der Waals surface area contributed by atoms with E-state index in [-0.39, 0.29) is 17.9 Å². The van der Waals surface area contributed by atoms with Gasteiger partial charge in [-0.3, -0.25) is 9.59 Å². The van der Waals surface area contributed by atoms with Crippen molar-refractivity contribution in [3.05, 3.63) is 58.3 Å². The first-order chi connectivity index (χ1) is 11.6. The Kier molecular flexibility index (Phi) is 5.30. The fraction of sp³-hybridized carbons (Fsp3) is 0.368. The molecule has 126 valence electrons. The minimum atomic E-state index is -0.277. The van der Waals surface area contributed by atoms with Gasteiger partial charge in [-0.15, -0.1) is 11.3 Å². The summed E-state index contributed by atoms with van der Waals surface area (Å²) >= 11 is 1.68. The van der Waals surface area contributed by atoms with Crippen LogP contribution in [0.25, 0.3) is 0 Å². The van der Waals surface area contributed by atoms with Crippen molar-refractivity contribution in [3.63, 3.8) is 0 Å². The molecule has 5 heteroatoms. The van der Waals surface area contributed by atoms with Crippen molar-refractivity contribution in [1.82, 2.24) is 10.2 Å². The Morgan fingerprint density at radius 2 is 1.96 bits per heavy atom. The molecule has 24 heavy (non-hydrogen) atoms. The van der Waals surface area contributed by atoms with E-state index in [4.69, 9.17) is 0 Å². The van der Waals surface area contributed by atoms with E-state index in [0.29, 0.717) is 19.0 Å². The molecule has 0 saturated heterocycles. The van der Waals surface area contributed by atoms with E-state index in [1.54, 1.807) is 11.3 Å². The highest BCUT2D eigenvalue weighted by Crippen LogP contribution is 2.31. The summed E-state index contributed by atoms with van der Waals surface area (Å²) < 4.78 is 0. The molecular formula is C19H22N2O2S. The van der Waals surface area contributed by atoms with Crippen LogP contribution in [0, 0.1) is 0 Å². The molecular weight excluding hydrogens is 320 g/mol. The van der Waals surface area contributed by atoms with E-state index in [1.165, 1.54) is 11.8 Å². The summed E-state index contributed by atoms with van der Waals surface area (Å²) in [5, 5.41) is 4.95. The third-order valence-electron chi connectivity index (χ3n) is 4.17. The van der Waals surface area contributed by atoms with Crippen molar-refractivity contribution in [3.8, 4) is 0 Å². The molecule has 2 amide bonds. The molecule has 0 aliphatic heterocycles. The molecule has 1 saturated carbocycles. The zero-order chi connectivity index (χ0) is 16.9. The molecule has 1 aromatic heterocycles. The lowest BCUT2D eigenvalue weighted by molar-refractivity contribution is -0.133. The van der Waals surface area contributed by atoms with Gasteiger partial charge in [0.2, 0.25) is 11.8 Å². The van der Waals surface area contributed by atoms with Gasteiger partial charge in [-0.2, -0.15) is 0 Å². The average Bonchev–Trinajstić information content (AvgIpc) is 3.28. The van der Waals surface area contributed by atoms with Crippen LogP contribution < -0.4 is 5.32 Å². The number of thiophene rings is 1. The summed E-state index contributed by atoms with van der Waals surface area (Å²) in [7, 11) is 0. The fourth-order valence-corrected chi connectivity index (χ4v) is 3.56. The molecule has 1 aliphatic rings. The Hall–Kier alpha value is -2.14. The van der Waals surface area contributed by atoms with Gasteiger partial charge in [-0.25, -0.2) is 0 Å². The lowest BCUT2D eigenvalue weighted by atomic mass is 10.0. The molecule has 3 rings (SSSR count). The zero-order valence-corrected chi connectivity index (χ0v) is 14.6. The van der Waals surface area contributed by atoms with Gasteiger partial charge in [0.1, 0.15) is 0 Å². The molecule has 1 aromatic carbocycles. The maximum Gasteiger partial charge on any atom is 0.225 e. The summed E-state index contributed by atoms with van der Waals surface area (Å²) in [5.41, 5.74) is 0.966. The topological polar surface area (TPSA) is 49.4 Å². The van der Waals surface area contributed by atoms with Crippen LogP contribution in [0.15, 0.2) is 47.8 Å². The number of nitrogens with one attached hydrogen (secondary N) is 1. The van der Waals surface area contributed by atoms with Crippen molar-refractivity contribution in [2.45, 2.75) is 44.8 Å². The Bertz CT molecular complexity index is 681. The average molecular weight is 342 g/mol. The van der Waals surface area contributed by atoms with E-state index < -0.39 is 0 Å². The molecule has 2 aromatic rings. The van der Waals surface area contributed by atoms with Crippen LogP contribution in [0.5, 0.6) is 0 Å². The van der Waals surface area contributed by atoms with Crippen molar-refractivity contribution in [2.75, 3.05) is 0 Å². The smallest absolute Gasteiger partial charge is 0.225 e. The number of amides is 2. The number of rotatable bonds is 7. The fourth-order valence-electron chi connectivity index (χ4n) is 2.85. The molecule has 1 aliphatic carbocycles. The van der Waals surface area contributed by atoms with Crippen LogP contribution in [0.4, 0.5) is 0 Å². The third kappa shape index (κ3) is 4.45. The molecule has 0 radical (unpaired) electrons. The predicted molar refractivity (Wildman–Crippen MR) is 95.5 cm³/mol. The summed E-state index contributed by atoms with van der Waals surface area (Å²) in [6, 6.07) is 13.9. The van der Waals surface area contributed by atoms with Gasteiger partial charge in [0, 0.05) is 17.8 Å². The van der Waals surface area contributed by atoms with Gasteiger partial charge in [-0.05, 0) is 29.9 Å². The van der Waals surface area contributed by atoms with Crippen molar-refractivity contribution in [1.29, 1.82) is 0 Å². The Morgan fingerprint density at radius 3 is 2.54 bits per heavy atom. The highest BCUT2D eigenvalue weighted by molar-refractivity contribution is 7.09. The Labute approximate surface area is 146 Å². The first-order valence-electron chi connectivity index (χ1n) is 8.27. The molecule has 0 spiro atoms. The number of hydrogen-bond acceptors (Lipinski definition) is 3. The van der Waals surface area contributed by atoms with Gasteiger partial charge in [0.15, 0.2) is 0 Å². The Balaban J connectivity index is 1.72. The molecule has 1 fully saturated rings. The lowest BCUT2D eigenvalue weighted by Gasteiger charge is -2.25. The molecule has 1 heterocycles. The van der Waals surface area contributed by atoms with Gasteiger partial charge >= 0.3 is 0 Å². The van der Waals surface area contributed by atoms with Crippen LogP contribution in [-0.2, 0) is 16.1 Å². The molecule has 4 nitrogen and oxygen atoms in total. The maximum atomic E-state index is 12.9. The van der Waals surface area contributed by atoms with E-state index in [9.17, 15) is 9.59 Å². The number of carbonyl (C=O) groups is 2. The highest BCUT2D eigenvalue weighted by Gasteiger charge is 2.33. The summed E-state index contributed by atoms with van der Waals surface area (Å²) in [5.74, 6) is -0.0126. The summed E-state index contributed by atoms with van der Waals surface area (Å²) in [4.78, 5) is 27.6. The quantitative estimate of drug-likeness (QED) is 0.837. The summed E-state index contributed by atoms with van der Waals surface area (Å²) in [6.45, 7) is 2.16. The monoisotopic (exact) mass is 342 g/mol. The lowest BCUT2D eigenvalue weighted by Crippen LogP contribution is -2.36. The molecule has 1 N–H and O–H groups in total. The molecule has 0 bridgehead atoms. The van der Waals surface area contributed by atoms with Crippen molar-refractivity contribution in [2.24, 2.45) is 0 Å². The number of carbonyl (C=O) groups excluding carboxylic acids is 2. The van der Waals surface area contributed by atoms with Crippen molar-refractivity contribution < 1.29 is 9.59 Å². The van der Waals surface area contributed by atoms with Gasteiger partial charge < -0.3 is 10.2 Å². The minimum Gasteiger partial charge on any atom is -0.349 e. The zero-order valence-electron chi connectivity index (χ0n) is 13.8. The van der Waals surface area contributed by atoms with E-state index >= 15 is 0 Å². The van der Waals surface area contributed by atoms with Crippen LogP contribution >= 0.6 is 11.3 Å². The second kappa shape index (κ2) is 7.62. The summed E-state index contributed by atoms with van der Waals surface area (Å²) in [6.07, 6.45) is 2.45. The number of benzene rings is 1. The Morgan fingerprint density at radius 1 is 1.21 bits per heavy atom. The van der Waals surface area contributed by atoms with E-state index in [0.717, 1.165) is 18.4 Å². The maximum absolute atomic E-state index is 12.9. The van der Waals surface area contributed by atoms with Crippen LogP contribution in [0.1, 0.15) is 42.7 Å². The number of hydrogen-bond donors (Lipinski definition) is 1. The highest BCUT2D eigenvalue weighted by atomic mass is 32.1. The molecule has 1 atom stereocenters. The third-order valence-corrected chi connectivity index (χ3v) is 5.03. The van der Waals surface area contributed by atoms with Crippen LogP contribution in [0.3, 0.4) is 0 Å². The second-order valence-electron chi connectivity index (χ2n) is 6.20. The van der Waals surface area contributed by atoms with Gasteiger partial charge in [-0.1, -0.05) is 36.4 Å². The normalized spacial score (nSPS) is 14.9. The predicted octanol–water partition coefficient (Wildman–Crippen LogP) is 3.51. The molecule has 1 unspecified atom stereocenters. The van der Waals surface area contributed by atoms with Crippen LogP contribution in [-0.4, -0.2) is 22.8 Å². The van der Waals surface area contributed by atoms with Gasteiger partial charge in [0.25, 0.3) is 0 Å². The van der Waals surface area contributed by atoms with Crippen LogP contribution in [0.2, 0.25) is 0 Å². The van der Waals surface area contributed by atoms with Gasteiger partial charge in [0.05, 0.1) is 19.0 Å². The minimum absolute atomic E-state index is 0.105. The number of nitrogens with zero attached hydrogens (tertiary/aromatic N) is 1. The van der Waals surface area contributed by atoms with E-state index in [1.807, 2.05) is 46.7 Å². The standard InChI is InChI=1S/C19H22N2O2S/c1-14(22)20-18(15-6-3-2-4-7-15)12-19(23)21(16-9-10-16)13-17-8-5-11-24-17/h2-8,11,16,18H,9-10,12-13H2,1H3,(H,20,22). The SMILES string of the molecule is CC(=O)NC(CC(=O)N(Cc1cccs1)C1CC1)c1ccccc1. The van der Waals surface area contributed by atoms with E-state index in [2.05, 4.69) is 11.4 Å².